The van der Waals surface area contributed by atoms with Gasteiger partial charge in [-0.2, -0.15) is 0 Å². The van der Waals surface area contributed by atoms with Crippen molar-refractivity contribution in [1.29, 1.82) is 0 Å². The van der Waals surface area contributed by atoms with Gasteiger partial charge in [0.15, 0.2) is 0 Å². The van der Waals surface area contributed by atoms with Crippen LogP contribution in [0, 0.1) is 5.92 Å². The summed E-state index contributed by atoms with van der Waals surface area (Å²) in [6.07, 6.45) is 5.06. The molecule has 3 nitrogen and oxygen atoms in total. The Bertz CT molecular complexity index is 162. The first-order valence-corrected chi connectivity index (χ1v) is 5.15. The van der Waals surface area contributed by atoms with Gasteiger partial charge in [0.2, 0.25) is 0 Å². The Balaban J connectivity index is 2.29. The zero-order chi connectivity index (χ0) is 9.68. The van der Waals surface area contributed by atoms with Gasteiger partial charge < -0.3 is 10.0 Å². The predicted molar refractivity (Wildman–Crippen MR) is 51.7 cm³/mol. The smallest absolute Gasteiger partial charge is 0.307 e. The molecule has 1 atom stereocenters. The molecule has 1 rings (SSSR count). The first-order chi connectivity index (χ1) is 6.20. The highest BCUT2D eigenvalue weighted by Crippen LogP contribution is 2.11. The summed E-state index contributed by atoms with van der Waals surface area (Å²) in [5.74, 6) is -0.901. The summed E-state index contributed by atoms with van der Waals surface area (Å²) in [4.78, 5) is 12.9. The van der Waals surface area contributed by atoms with E-state index >= 15 is 0 Å². The molecule has 13 heavy (non-hydrogen) atoms. The van der Waals surface area contributed by atoms with Crippen molar-refractivity contribution in [3.8, 4) is 0 Å². The average molecular weight is 185 g/mol. The fourth-order valence-electron chi connectivity index (χ4n) is 1.78. The van der Waals surface area contributed by atoms with Crippen LogP contribution in [0.3, 0.4) is 0 Å². The minimum absolute atomic E-state index is 0.224. The highest BCUT2D eigenvalue weighted by molar-refractivity contribution is 5.69. The van der Waals surface area contributed by atoms with E-state index in [1.54, 1.807) is 6.92 Å². The first-order valence-electron chi connectivity index (χ1n) is 5.15. The highest BCUT2D eigenvalue weighted by atomic mass is 16.4. The molecule has 76 valence electrons. The van der Waals surface area contributed by atoms with Gasteiger partial charge in [0.05, 0.1) is 5.92 Å². The van der Waals surface area contributed by atoms with Gasteiger partial charge in [0, 0.05) is 6.54 Å². The Morgan fingerprint density at radius 1 is 1.31 bits per heavy atom. The van der Waals surface area contributed by atoms with Crippen molar-refractivity contribution in [1.82, 2.24) is 4.90 Å². The lowest BCUT2D eigenvalue weighted by atomic mass is 10.1. The molecular weight excluding hydrogens is 166 g/mol. The molecule has 1 fully saturated rings. The molecule has 0 spiro atoms. The van der Waals surface area contributed by atoms with E-state index in [1.807, 2.05) is 0 Å². The van der Waals surface area contributed by atoms with Crippen LogP contribution in [-0.4, -0.2) is 35.6 Å². The van der Waals surface area contributed by atoms with Crippen molar-refractivity contribution >= 4 is 5.97 Å². The van der Waals surface area contributed by atoms with Crippen molar-refractivity contribution in [3.63, 3.8) is 0 Å². The fraction of sp³-hybridized carbons (Fsp3) is 0.900. The summed E-state index contributed by atoms with van der Waals surface area (Å²) < 4.78 is 0. The third kappa shape index (κ3) is 3.77. The summed E-state index contributed by atoms with van der Waals surface area (Å²) >= 11 is 0. The third-order valence-corrected chi connectivity index (χ3v) is 2.65. The van der Waals surface area contributed by atoms with E-state index in [9.17, 15) is 4.79 Å². The van der Waals surface area contributed by atoms with Gasteiger partial charge in [-0.05, 0) is 25.9 Å². The Kier molecular flexibility index (Phi) is 4.22. The van der Waals surface area contributed by atoms with Crippen LogP contribution in [0.25, 0.3) is 0 Å². The second kappa shape index (κ2) is 5.22. The molecule has 0 bridgehead atoms. The molecule has 1 aliphatic rings. The molecule has 0 saturated carbocycles. The number of carbonyl (C=O) groups is 1. The molecule has 1 aliphatic heterocycles. The van der Waals surface area contributed by atoms with Crippen LogP contribution in [0.1, 0.15) is 32.6 Å². The monoisotopic (exact) mass is 185 g/mol. The van der Waals surface area contributed by atoms with E-state index in [1.165, 1.54) is 25.7 Å². The summed E-state index contributed by atoms with van der Waals surface area (Å²) in [6.45, 7) is 4.66. The SMILES string of the molecule is C[C@H](CN1CCCCCC1)C(=O)O. The summed E-state index contributed by atoms with van der Waals surface area (Å²) in [5, 5.41) is 8.76. The number of hydrogen-bond acceptors (Lipinski definition) is 2. The van der Waals surface area contributed by atoms with Crippen molar-refractivity contribution in [2.45, 2.75) is 32.6 Å². The van der Waals surface area contributed by atoms with Crippen LogP contribution >= 0.6 is 0 Å². The first kappa shape index (κ1) is 10.5. The van der Waals surface area contributed by atoms with E-state index in [4.69, 9.17) is 5.11 Å². The number of carboxylic acids is 1. The normalized spacial score (nSPS) is 22.2. The van der Waals surface area contributed by atoms with Crippen LogP contribution in [0.5, 0.6) is 0 Å². The van der Waals surface area contributed by atoms with E-state index in [2.05, 4.69) is 4.90 Å². The van der Waals surface area contributed by atoms with Gasteiger partial charge in [-0.15, -0.1) is 0 Å². The molecule has 1 saturated heterocycles. The second-order valence-electron chi connectivity index (χ2n) is 3.95. The summed E-state index contributed by atoms with van der Waals surface area (Å²) in [5.41, 5.74) is 0. The Morgan fingerprint density at radius 2 is 1.85 bits per heavy atom. The topological polar surface area (TPSA) is 40.5 Å². The molecule has 0 radical (unpaired) electrons. The third-order valence-electron chi connectivity index (χ3n) is 2.65. The number of likely N-dealkylation sites (tertiary alicyclic amines) is 1. The van der Waals surface area contributed by atoms with Crippen LogP contribution in [-0.2, 0) is 4.79 Å². The van der Waals surface area contributed by atoms with Crippen molar-refractivity contribution in [2.75, 3.05) is 19.6 Å². The lowest BCUT2D eigenvalue weighted by molar-refractivity contribution is -0.141. The lowest BCUT2D eigenvalue weighted by Gasteiger charge is -2.21. The number of aliphatic carboxylic acids is 1. The molecule has 1 heterocycles. The molecule has 0 amide bonds. The number of rotatable bonds is 3. The van der Waals surface area contributed by atoms with Crippen molar-refractivity contribution in [3.05, 3.63) is 0 Å². The number of carboxylic acid groups (broad SMARTS) is 1. The molecule has 3 heteroatoms. The van der Waals surface area contributed by atoms with Gasteiger partial charge in [0.1, 0.15) is 0 Å². The van der Waals surface area contributed by atoms with E-state index in [-0.39, 0.29) is 5.92 Å². The molecule has 1 N–H and O–H groups in total. The van der Waals surface area contributed by atoms with Gasteiger partial charge >= 0.3 is 5.97 Å². The largest absolute Gasteiger partial charge is 0.481 e. The molecular formula is C10H19NO2. The van der Waals surface area contributed by atoms with Gasteiger partial charge in [0.25, 0.3) is 0 Å². The fourth-order valence-corrected chi connectivity index (χ4v) is 1.78. The van der Waals surface area contributed by atoms with Gasteiger partial charge in [-0.3, -0.25) is 4.79 Å². The molecule has 0 unspecified atom stereocenters. The second-order valence-corrected chi connectivity index (χ2v) is 3.95. The average Bonchev–Trinajstić information content (AvgIpc) is 2.32. The van der Waals surface area contributed by atoms with Crippen LogP contribution in [0.4, 0.5) is 0 Å². The Morgan fingerprint density at radius 3 is 2.31 bits per heavy atom. The van der Waals surface area contributed by atoms with E-state index < -0.39 is 5.97 Å². The van der Waals surface area contributed by atoms with Crippen LogP contribution in [0.15, 0.2) is 0 Å². The summed E-state index contributed by atoms with van der Waals surface area (Å²) in [7, 11) is 0. The van der Waals surface area contributed by atoms with Crippen molar-refractivity contribution in [2.24, 2.45) is 5.92 Å². The molecule has 0 aliphatic carbocycles. The van der Waals surface area contributed by atoms with Crippen LogP contribution in [0.2, 0.25) is 0 Å². The lowest BCUT2D eigenvalue weighted by Crippen LogP contribution is -2.32. The predicted octanol–water partition coefficient (Wildman–Crippen LogP) is 1.58. The Hall–Kier alpha value is -0.570. The summed E-state index contributed by atoms with van der Waals surface area (Å²) in [6, 6.07) is 0. The maximum absolute atomic E-state index is 10.6. The number of hydrogen-bond donors (Lipinski definition) is 1. The van der Waals surface area contributed by atoms with E-state index in [0.29, 0.717) is 0 Å². The van der Waals surface area contributed by atoms with E-state index in [0.717, 1.165) is 19.6 Å². The minimum Gasteiger partial charge on any atom is -0.481 e. The Labute approximate surface area is 79.7 Å². The minimum atomic E-state index is -0.677. The number of nitrogens with zero attached hydrogens (tertiary/aromatic N) is 1. The zero-order valence-electron chi connectivity index (χ0n) is 8.33. The molecule has 0 aromatic carbocycles. The highest BCUT2D eigenvalue weighted by Gasteiger charge is 2.16. The van der Waals surface area contributed by atoms with Crippen molar-refractivity contribution < 1.29 is 9.90 Å². The molecule has 0 aromatic heterocycles. The zero-order valence-corrected chi connectivity index (χ0v) is 8.33. The quantitative estimate of drug-likeness (QED) is 0.725. The van der Waals surface area contributed by atoms with Gasteiger partial charge in [-0.25, -0.2) is 0 Å². The van der Waals surface area contributed by atoms with Gasteiger partial charge in [-0.1, -0.05) is 19.8 Å². The standard InChI is InChI=1S/C10H19NO2/c1-9(10(12)13)8-11-6-4-2-3-5-7-11/h9H,2-8H2,1H3,(H,12,13)/t9-/m1/s1. The maximum Gasteiger partial charge on any atom is 0.307 e. The van der Waals surface area contributed by atoms with Crippen LogP contribution < -0.4 is 0 Å². The maximum atomic E-state index is 10.6. The molecule has 0 aromatic rings.